The second-order valence-electron chi connectivity index (χ2n) is 2.98. The monoisotopic (exact) mass is 145 g/mol. The summed E-state index contributed by atoms with van der Waals surface area (Å²) in [6.07, 6.45) is 0.321. The molecule has 3 heteroatoms. The summed E-state index contributed by atoms with van der Waals surface area (Å²) < 4.78 is 4.96. The number of nitrogens with one attached hydrogen (secondary N) is 1. The van der Waals surface area contributed by atoms with Crippen LogP contribution in [-0.2, 0) is 4.74 Å². The summed E-state index contributed by atoms with van der Waals surface area (Å²) in [7, 11) is 0. The number of hydrogen-bond donors (Lipinski definition) is 2. The average Bonchev–Trinajstić information content (AvgIpc) is 2.15. The van der Waals surface area contributed by atoms with Gasteiger partial charge in [0.05, 0.1) is 12.6 Å². The molecule has 0 aromatic rings. The molecular weight excluding hydrogens is 130 g/mol. The van der Waals surface area contributed by atoms with Crippen molar-refractivity contribution in [1.82, 2.24) is 5.32 Å². The largest absolute Gasteiger partial charge is 0.367 e. The Kier molecular flexibility index (Phi) is 2.65. The summed E-state index contributed by atoms with van der Waals surface area (Å²) in [5, 5.41) is 12.4. The van der Waals surface area contributed by atoms with Crippen LogP contribution in [0.5, 0.6) is 0 Å². The van der Waals surface area contributed by atoms with E-state index in [9.17, 15) is 0 Å². The van der Waals surface area contributed by atoms with Crippen LogP contribution in [0.25, 0.3) is 0 Å². The van der Waals surface area contributed by atoms with Crippen LogP contribution in [0.3, 0.4) is 0 Å². The second kappa shape index (κ2) is 3.32. The van der Waals surface area contributed by atoms with E-state index in [1.165, 1.54) is 0 Å². The van der Waals surface area contributed by atoms with Gasteiger partial charge in [0.25, 0.3) is 0 Å². The second-order valence-corrected chi connectivity index (χ2v) is 2.98. The molecule has 0 aromatic heterocycles. The molecule has 0 bridgehead atoms. The van der Waals surface area contributed by atoms with Crippen molar-refractivity contribution in [2.24, 2.45) is 0 Å². The molecule has 0 aliphatic carbocycles. The fourth-order valence-corrected chi connectivity index (χ4v) is 1.17. The Morgan fingerprint density at radius 3 is 2.70 bits per heavy atom. The molecule has 0 spiro atoms. The van der Waals surface area contributed by atoms with Crippen LogP contribution in [0.2, 0.25) is 0 Å². The predicted octanol–water partition coefficient (Wildman–Crippen LogP) is 0.0917. The van der Waals surface area contributed by atoms with Gasteiger partial charge in [0, 0.05) is 6.04 Å². The molecule has 1 aliphatic rings. The van der Waals surface area contributed by atoms with Gasteiger partial charge < -0.3 is 15.2 Å². The highest BCUT2D eigenvalue weighted by Gasteiger charge is 2.25. The van der Waals surface area contributed by atoms with E-state index in [0.717, 1.165) is 6.42 Å². The van der Waals surface area contributed by atoms with Gasteiger partial charge in [-0.05, 0) is 6.42 Å². The molecule has 3 nitrogen and oxygen atoms in total. The SMILES string of the molecule is CC(C)NC1CCOC1O. The normalized spacial score (nSPS) is 33.6. The Labute approximate surface area is 61.4 Å². The standard InChI is InChI=1S/C7H15NO2/c1-5(2)8-6-3-4-10-7(6)9/h5-9H,3-4H2,1-2H3. The van der Waals surface area contributed by atoms with Gasteiger partial charge in [-0.3, -0.25) is 0 Å². The Hall–Kier alpha value is -0.120. The van der Waals surface area contributed by atoms with E-state index in [0.29, 0.717) is 12.6 Å². The molecule has 0 radical (unpaired) electrons. The molecule has 1 fully saturated rings. The van der Waals surface area contributed by atoms with Crippen LogP contribution in [-0.4, -0.2) is 30.1 Å². The molecule has 0 aromatic carbocycles. The van der Waals surface area contributed by atoms with Gasteiger partial charge in [0.2, 0.25) is 0 Å². The van der Waals surface area contributed by atoms with Crippen molar-refractivity contribution in [3.63, 3.8) is 0 Å². The minimum absolute atomic E-state index is 0.139. The lowest BCUT2D eigenvalue weighted by atomic mass is 10.2. The zero-order valence-corrected chi connectivity index (χ0v) is 6.50. The summed E-state index contributed by atoms with van der Waals surface area (Å²) in [5.41, 5.74) is 0. The third-order valence-corrected chi connectivity index (χ3v) is 1.61. The fraction of sp³-hybridized carbons (Fsp3) is 1.00. The quantitative estimate of drug-likeness (QED) is 0.578. The van der Waals surface area contributed by atoms with E-state index in [1.54, 1.807) is 0 Å². The molecule has 1 saturated heterocycles. The lowest BCUT2D eigenvalue weighted by Crippen LogP contribution is -2.40. The highest BCUT2D eigenvalue weighted by Crippen LogP contribution is 2.10. The molecule has 2 atom stereocenters. The number of hydrogen-bond acceptors (Lipinski definition) is 3. The minimum atomic E-state index is -0.595. The van der Waals surface area contributed by atoms with Crippen LogP contribution in [0.15, 0.2) is 0 Å². The maximum Gasteiger partial charge on any atom is 0.170 e. The summed E-state index contributed by atoms with van der Waals surface area (Å²) in [6.45, 7) is 4.79. The van der Waals surface area contributed by atoms with Crippen LogP contribution < -0.4 is 5.32 Å². The summed E-state index contributed by atoms with van der Waals surface area (Å²) >= 11 is 0. The van der Waals surface area contributed by atoms with Gasteiger partial charge in [0.15, 0.2) is 6.29 Å². The van der Waals surface area contributed by atoms with Crippen LogP contribution >= 0.6 is 0 Å². The zero-order valence-electron chi connectivity index (χ0n) is 6.50. The molecule has 2 N–H and O–H groups in total. The van der Waals surface area contributed by atoms with Crippen molar-refractivity contribution in [3.8, 4) is 0 Å². The molecule has 0 saturated carbocycles. The van der Waals surface area contributed by atoms with Gasteiger partial charge in [-0.2, -0.15) is 0 Å². The first-order valence-corrected chi connectivity index (χ1v) is 3.76. The topological polar surface area (TPSA) is 41.5 Å². The molecule has 2 unspecified atom stereocenters. The van der Waals surface area contributed by atoms with Crippen LogP contribution in [0.4, 0.5) is 0 Å². The lowest BCUT2D eigenvalue weighted by Gasteiger charge is -2.17. The molecule has 1 heterocycles. The summed E-state index contributed by atoms with van der Waals surface area (Å²) in [5.74, 6) is 0. The highest BCUT2D eigenvalue weighted by molar-refractivity contribution is 4.76. The molecule has 10 heavy (non-hydrogen) atoms. The lowest BCUT2D eigenvalue weighted by molar-refractivity contribution is -0.0726. The third kappa shape index (κ3) is 1.94. The first-order chi connectivity index (χ1) is 4.70. The van der Waals surface area contributed by atoms with E-state index < -0.39 is 6.29 Å². The van der Waals surface area contributed by atoms with Crippen LogP contribution in [0.1, 0.15) is 20.3 Å². The van der Waals surface area contributed by atoms with Crippen LogP contribution in [0, 0.1) is 0 Å². The number of aliphatic hydroxyl groups is 1. The zero-order chi connectivity index (χ0) is 7.56. The summed E-state index contributed by atoms with van der Waals surface area (Å²) in [6, 6.07) is 0.557. The van der Waals surface area contributed by atoms with Crippen molar-refractivity contribution < 1.29 is 9.84 Å². The molecule has 0 amide bonds. The van der Waals surface area contributed by atoms with Gasteiger partial charge in [-0.15, -0.1) is 0 Å². The van der Waals surface area contributed by atoms with Crippen molar-refractivity contribution in [1.29, 1.82) is 0 Å². The first-order valence-electron chi connectivity index (χ1n) is 3.76. The third-order valence-electron chi connectivity index (χ3n) is 1.61. The number of aliphatic hydroxyl groups excluding tert-OH is 1. The molecular formula is C7H15NO2. The number of rotatable bonds is 2. The van der Waals surface area contributed by atoms with E-state index in [4.69, 9.17) is 9.84 Å². The van der Waals surface area contributed by atoms with Crippen molar-refractivity contribution in [2.45, 2.75) is 38.6 Å². The van der Waals surface area contributed by atoms with Gasteiger partial charge in [-0.1, -0.05) is 13.8 Å². The number of ether oxygens (including phenoxy) is 1. The molecule has 1 aliphatic heterocycles. The summed E-state index contributed by atoms with van der Waals surface area (Å²) in [4.78, 5) is 0. The Morgan fingerprint density at radius 1 is 1.60 bits per heavy atom. The smallest absolute Gasteiger partial charge is 0.170 e. The Balaban J connectivity index is 2.26. The predicted molar refractivity (Wildman–Crippen MR) is 38.6 cm³/mol. The fourth-order valence-electron chi connectivity index (χ4n) is 1.17. The van der Waals surface area contributed by atoms with Gasteiger partial charge in [0.1, 0.15) is 0 Å². The van der Waals surface area contributed by atoms with Crippen molar-refractivity contribution in [3.05, 3.63) is 0 Å². The molecule has 1 rings (SSSR count). The highest BCUT2D eigenvalue weighted by atomic mass is 16.6. The first kappa shape index (κ1) is 7.98. The van der Waals surface area contributed by atoms with Gasteiger partial charge in [-0.25, -0.2) is 0 Å². The minimum Gasteiger partial charge on any atom is -0.367 e. The van der Waals surface area contributed by atoms with Crippen molar-refractivity contribution >= 4 is 0 Å². The van der Waals surface area contributed by atoms with E-state index >= 15 is 0 Å². The van der Waals surface area contributed by atoms with Gasteiger partial charge >= 0.3 is 0 Å². The Bertz CT molecular complexity index is 106. The van der Waals surface area contributed by atoms with E-state index in [2.05, 4.69) is 19.2 Å². The average molecular weight is 145 g/mol. The Morgan fingerprint density at radius 2 is 2.30 bits per heavy atom. The van der Waals surface area contributed by atoms with E-state index in [1.807, 2.05) is 0 Å². The molecule has 60 valence electrons. The maximum absolute atomic E-state index is 9.15. The van der Waals surface area contributed by atoms with Crippen molar-refractivity contribution in [2.75, 3.05) is 6.61 Å². The van der Waals surface area contributed by atoms with E-state index in [-0.39, 0.29) is 6.04 Å². The maximum atomic E-state index is 9.15.